The molecule has 0 aliphatic carbocycles. The first-order valence-electron chi connectivity index (χ1n) is 7.05. The maximum atomic E-state index is 5.78. The van der Waals surface area contributed by atoms with Crippen LogP contribution in [0.1, 0.15) is 44.1 Å². The topological polar surface area (TPSA) is 48.4 Å². The Kier molecular flexibility index (Phi) is 4.50. The van der Waals surface area contributed by atoms with Crippen molar-refractivity contribution in [2.45, 2.75) is 45.8 Å². The fourth-order valence-corrected chi connectivity index (χ4v) is 2.04. The van der Waals surface area contributed by atoms with Crippen LogP contribution in [0.4, 0.5) is 0 Å². The van der Waals surface area contributed by atoms with Crippen molar-refractivity contribution < 1.29 is 9.15 Å². The van der Waals surface area contributed by atoms with Gasteiger partial charge in [-0.15, -0.1) is 0 Å². The van der Waals surface area contributed by atoms with Crippen LogP contribution in [0.15, 0.2) is 41.0 Å². The fraction of sp³-hybridized carbons (Fsp3) is 0.412. The molecule has 3 nitrogen and oxygen atoms in total. The smallest absolute Gasteiger partial charge is 0.123 e. The molecule has 1 aromatic carbocycles. The predicted octanol–water partition coefficient (Wildman–Crippen LogP) is 4.00. The number of hydrogen-bond donors (Lipinski definition) is 1. The highest BCUT2D eigenvalue weighted by Gasteiger charge is 2.17. The van der Waals surface area contributed by atoms with E-state index in [1.807, 2.05) is 18.2 Å². The zero-order valence-corrected chi connectivity index (χ0v) is 12.5. The SMILES string of the molecule is CCC(C)(C)c1ccc(OCc2ccoc2CN)cc1. The molecule has 0 atom stereocenters. The van der Waals surface area contributed by atoms with Gasteiger partial charge in [0.15, 0.2) is 0 Å². The van der Waals surface area contributed by atoms with Crippen LogP contribution in [0.5, 0.6) is 5.75 Å². The summed E-state index contributed by atoms with van der Waals surface area (Å²) in [6.45, 7) is 7.59. The van der Waals surface area contributed by atoms with E-state index < -0.39 is 0 Å². The zero-order valence-electron chi connectivity index (χ0n) is 12.5. The van der Waals surface area contributed by atoms with Gasteiger partial charge in [0, 0.05) is 5.56 Å². The largest absolute Gasteiger partial charge is 0.489 e. The lowest BCUT2D eigenvalue weighted by atomic mass is 9.82. The molecule has 0 unspecified atom stereocenters. The van der Waals surface area contributed by atoms with Gasteiger partial charge < -0.3 is 14.9 Å². The van der Waals surface area contributed by atoms with Crippen molar-refractivity contribution in [3.05, 3.63) is 53.5 Å². The summed E-state index contributed by atoms with van der Waals surface area (Å²) in [4.78, 5) is 0. The molecule has 0 saturated carbocycles. The third-order valence-electron chi connectivity index (χ3n) is 3.94. The number of hydrogen-bond acceptors (Lipinski definition) is 3. The highest BCUT2D eigenvalue weighted by molar-refractivity contribution is 5.31. The van der Waals surface area contributed by atoms with Crippen LogP contribution < -0.4 is 10.5 Å². The maximum absolute atomic E-state index is 5.78. The first kappa shape index (κ1) is 14.7. The van der Waals surface area contributed by atoms with Gasteiger partial charge in [0.2, 0.25) is 0 Å². The molecular weight excluding hydrogens is 250 g/mol. The van der Waals surface area contributed by atoms with E-state index in [1.165, 1.54) is 5.56 Å². The number of ether oxygens (including phenoxy) is 1. The molecule has 1 heterocycles. The molecule has 0 aliphatic rings. The summed E-state index contributed by atoms with van der Waals surface area (Å²) in [6, 6.07) is 10.2. The van der Waals surface area contributed by atoms with Crippen molar-refractivity contribution in [1.29, 1.82) is 0 Å². The second kappa shape index (κ2) is 6.14. The molecule has 20 heavy (non-hydrogen) atoms. The molecule has 2 rings (SSSR count). The lowest BCUT2D eigenvalue weighted by molar-refractivity contribution is 0.302. The van der Waals surface area contributed by atoms with Crippen LogP contribution in [0.25, 0.3) is 0 Å². The molecule has 0 bridgehead atoms. The molecule has 0 aliphatic heterocycles. The second-order valence-electron chi connectivity index (χ2n) is 5.62. The van der Waals surface area contributed by atoms with E-state index in [0.29, 0.717) is 13.2 Å². The van der Waals surface area contributed by atoms with E-state index in [-0.39, 0.29) is 5.41 Å². The van der Waals surface area contributed by atoms with Crippen LogP contribution in [0.2, 0.25) is 0 Å². The normalized spacial score (nSPS) is 11.6. The van der Waals surface area contributed by atoms with Crippen molar-refractivity contribution >= 4 is 0 Å². The fourth-order valence-electron chi connectivity index (χ4n) is 2.04. The Morgan fingerprint density at radius 3 is 2.45 bits per heavy atom. The lowest BCUT2D eigenvalue weighted by Crippen LogP contribution is -2.15. The summed E-state index contributed by atoms with van der Waals surface area (Å²) in [5.41, 5.74) is 8.14. The number of furan rings is 1. The van der Waals surface area contributed by atoms with Gasteiger partial charge in [-0.2, -0.15) is 0 Å². The van der Waals surface area contributed by atoms with E-state index in [0.717, 1.165) is 23.5 Å². The van der Waals surface area contributed by atoms with E-state index in [2.05, 4.69) is 32.9 Å². The van der Waals surface area contributed by atoms with Crippen molar-refractivity contribution in [2.75, 3.05) is 0 Å². The van der Waals surface area contributed by atoms with Gasteiger partial charge >= 0.3 is 0 Å². The summed E-state index contributed by atoms with van der Waals surface area (Å²) < 4.78 is 11.1. The van der Waals surface area contributed by atoms with Gasteiger partial charge in [0.25, 0.3) is 0 Å². The Balaban J connectivity index is 2.01. The van der Waals surface area contributed by atoms with Gasteiger partial charge in [0.05, 0.1) is 12.8 Å². The zero-order chi connectivity index (χ0) is 14.6. The van der Waals surface area contributed by atoms with Crippen LogP contribution in [-0.4, -0.2) is 0 Å². The van der Waals surface area contributed by atoms with E-state index >= 15 is 0 Å². The van der Waals surface area contributed by atoms with Crippen LogP contribution in [0.3, 0.4) is 0 Å². The Bertz CT molecular complexity index is 540. The van der Waals surface area contributed by atoms with Crippen LogP contribution in [0, 0.1) is 0 Å². The van der Waals surface area contributed by atoms with Crippen molar-refractivity contribution in [3.63, 3.8) is 0 Å². The molecule has 2 N–H and O–H groups in total. The highest BCUT2D eigenvalue weighted by atomic mass is 16.5. The molecule has 0 radical (unpaired) electrons. The van der Waals surface area contributed by atoms with E-state index in [1.54, 1.807) is 6.26 Å². The van der Waals surface area contributed by atoms with Crippen molar-refractivity contribution in [2.24, 2.45) is 5.73 Å². The minimum absolute atomic E-state index is 0.204. The van der Waals surface area contributed by atoms with Crippen LogP contribution in [-0.2, 0) is 18.6 Å². The summed E-state index contributed by atoms with van der Waals surface area (Å²) in [7, 11) is 0. The number of benzene rings is 1. The van der Waals surface area contributed by atoms with Gasteiger partial charge in [-0.25, -0.2) is 0 Å². The number of nitrogens with two attached hydrogens (primary N) is 1. The summed E-state index contributed by atoms with van der Waals surface area (Å²) in [6.07, 6.45) is 2.76. The van der Waals surface area contributed by atoms with Gasteiger partial charge in [-0.3, -0.25) is 0 Å². The minimum atomic E-state index is 0.204. The molecule has 3 heteroatoms. The first-order valence-corrected chi connectivity index (χ1v) is 7.05. The van der Waals surface area contributed by atoms with Crippen LogP contribution >= 0.6 is 0 Å². The third kappa shape index (κ3) is 3.23. The summed E-state index contributed by atoms with van der Waals surface area (Å²) >= 11 is 0. The summed E-state index contributed by atoms with van der Waals surface area (Å²) in [5.74, 6) is 1.65. The molecule has 0 spiro atoms. The number of rotatable bonds is 6. The molecule has 0 fully saturated rings. The van der Waals surface area contributed by atoms with E-state index in [4.69, 9.17) is 14.9 Å². The van der Waals surface area contributed by atoms with Gasteiger partial charge in [0.1, 0.15) is 18.1 Å². The quantitative estimate of drug-likeness (QED) is 0.865. The Morgan fingerprint density at radius 1 is 1.15 bits per heavy atom. The molecular formula is C17H23NO2. The molecule has 0 amide bonds. The molecule has 2 aromatic rings. The van der Waals surface area contributed by atoms with Gasteiger partial charge in [-0.05, 0) is 35.6 Å². The lowest BCUT2D eigenvalue weighted by Gasteiger charge is -2.23. The maximum Gasteiger partial charge on any atom is 0.123 e. The Hall–Kier alpha value is -1.74. The highest BCUT2D eigenvalue weighted by Crippen LogP contribution is 2.28. The summed E-state index contributed by atoms with van der Waals surface area (Å²) in [5, 5.41) is 0. The average Bonchev–Trinajstić information content (AvgIpc) is 2.93. The standard InChI is InChI=1S/C17H23NO2/c1-4-17(2,3)14-5-7-15(8-6-14)20-12-13-9-10-19-16(13)11-18/h5-10H,4,11-12,18H2,1-3H3. The van der Waals surface area contributed by atoms with Crippen molar-refractivity contribution in [1.82, 2.24) is 0 Å². The first-order chi connectivity index (χ1) is 9.56. The van der Waals surface area contributed by atoms with Crippen molar-refractivity contribution in [3.8, 4) is 5.75 Å². The molecule has 1 aromatic heterocycles. The molecule has 0 saturated heterocycles. The van der Waals surface area contributed by atoms with E-state index in [9.17, 15) is 0 Å². The third-order valence-corrected chi connectivity index (χ3v) is 3.94. The minimum Gasteiger partial charge on any atom is -0.489 e. The monoisotopic (exact) mass is 273 g/mol. The van der Waals surface area contributed by atoms with Gasteiger partial charge in [-0.1, -0.05) is 32.9 Å². The average molecular weight is 273 g/mol. The Morgan fingerprint density at radius 2 is 1.85 bits per heavy atom. The Labute approximate surface area is 120 Å². The second-order valence-corrected chi connectivity index (χ2v) is 5.62. The predicted molar refractivity (Wildman–Crippen MR) is 80.7 cm³/mol. The molecule has 108 valence electrons.